The van der Waals surface area contributed by atoms with Crippen molar-refractivity contribution in [3.8, 4) is 11.5 Å². The van der Waals surface area contributed by atoms with Gasteiger partial charge in [0, 0.05) is 42.7 Å². The highest BCUT2D eigenvalue weighted by Gasteiger charge is 2.23. The van der Waals surface area contributed by atoms with E-state index in [9.17, 15) is 0 Å². The van der Waals surface area contributed by atoms with Gasteiger partial charge in [-0.3, -0.25) is 0 Å². The molecule has 2 aromatic rings. The predicted molar refractivity (Wildman–Crippen MR) is 117 cm³/mol. The zero-order valence-electron chi connectivity index (χ0n) is 18.0. The van der Waals surface area contributed by atoms with Crippen molar-refractivity contribution in [2.75, 3.05) is 37.9 Å². The van der Waals surface area contributed by atoms with E-state index < -0.39 is 0 Å². The van der Waals surface area contributed by atoms with E-state index in [-0.39, 0.29) is 0 Å². The predicted octanol–water partition coefficient (Wildman–Crippen LogP) is 3.90. The monoisotopic (exact) mass is 399 g/mol. The Kier molecular flexibility index (Phi) is 5.94. The Balaban J connectivity index is 1.64. The molecule has 2 aliphatic rings. The average Bonchev–Trinajstić information content (AvgIpc) is 2.70. The van der Waals surface area contributed by atoms with Crippen molar-refractivity contribution in [3.05, 3.63) is 12.1 Å². The summed E-state index contributed by atoms with van der Waals surface area (Å²) in [5, 5.41) is 8.17. The van der Waals surface area contributed by atoms with Gasteiger partial charge in [-0.1, -0.05) is 0 Å². The molecule has 0 unspecified atom stereocenters. The Labute approximate surface area is 173 Å². The second-order valence-electron chi connectivity index (χ2n) is 8.44. The number of likely N-dealkylation sites (tertiary alicyclic amines) is 1. The molecule has 1 aliphatic carbocycles. The molecular formula is C22H33N5O2. The summed E-state index contributed by atoms with van der Waals surface area (Å²) in [5.74, 6) is 2.95. The van der Waals surface area contributed by atoms with Crippen molar-refractivity contribution in [2.24, 2.45) is 0 Å². The number of nitrogens with one attached hydrogen (secondary N) is 2. The van der Waals surface area contributed by atoms with E-state index in [1.165, 1.54) is 19.3 Å². The lowest BCUT2D eigenvalue weighted by Crippen LogP contribution is -2.42. The van der Waals surface area contributed by atoms with E-state index >= 15 is 0 Å². The quantitative estimate of drug-likeness (QED) is 0.732. The number of nitrogens with zero attached hydrogens (tertiary/aromatic N) is 3. The first-order valence-electron chi connectivity index (χ1n) is 10.8. The molecule has 7 nitrogen and oxygen atoms in total. The Morgan fingerprint density at radius 3 is 2.17 bits per heavy atom. The maximum atomic E-state index is 5.52. The third kappa shape index (κ3) is 4.34. The highest BCUT2D eigenvalue weighted by Crippen LogP contribution is 2.35. The fraction of sp³-hybridized carbons (Fsp3) is 0.636. The van der Waals surface area contributed by atoms with Crippen LogP contribution in [0.4, 0.5) is 11.8 Å². The van der Waals surface area contributed by atoms with Gasteiger partial charge in [-0.05, 0) is 52.0 Å². The zero-order valence-corrected chi connectivity index (χ0v) is 18.0. The van der Waals surface area contributed by atoms with Gasteiger partial charge in [0.05, 0.1) is 19.7 Å². The Morgan fingerprint density at radius 2 is 1.59 bits per heavy atom. The van der Waals surface area contributed by atoms with Crippen LogP contribution in [-0.4, -0.2) is 60.3 Å². The molecule has 1 aromatic carbocycles. The summed E-state index contributed by atoms with van der Waals surface area (Å²) < 4.78 is 11.0. The van der Waals surface area contributed by atoms with Gasteiger partial charge in [0.2, 0.25) is 5.95 Å². The molecule has 1 saturated carbocycles. The minimum Gasteiger partial charge on any atom is -0.493 e. The number of piperidine rings is 1. The van der Waals surface area contributed by atoms with Crippen molar-refractivity contribution < 1.29 is 9.47 Å². The minimum atomic E-state index is 0.410. The SMILES string of the molecule is COc1cc2nc(NC3CCC3)nc(NC3CCN(C(C)C)CC3)c2cc1OC. The van der Waals surface area contributed by atoms with Gasteiger partial charge in [0.1, 0.15) is 5.82 Å². The molecule has 29 heavy (non-hydrogen) atoms. The average molecular weight is 400 g/mol. The van der Waals surface area contributed by atoms with Crippen LogP contribution < -0.4 is 20.1 Å². The van der Waals surface area contributed by atoms with Gasteiger partial charge < -0.3 is 25.0 Å². The Morgan fingerprint density at radius 1 is 0.931 bits per heavy atom. The summed E-state index contributed by atoms with van der Waals surface area (Å²) in [4.78, 5) is 12.2. The minimum absolute atomic E-state index is 0.410. The van der Waals surface area contributed by atoms with Crippen LogP contribution in [0.5, 0.6) is 11.5 Å². The molecule has 2 heterocycles. The third-order valence-corrected chi connectivity index (χ3v) is 6.24. The van der Waals surface area contributed by atoms with Crippen LogP contribution in [0.25, 0.3) is 10.9 Å². The fourth-order valence-electron chi connectivity index (χ4n) is 4.12. The third-order valence-electron chi connectivity index (χ3n) is 6.24. The summed E-state index contributed by atoms with van der Waals surface area (Å²) in [5.41, 5.74) is 0.863. The fourth-order valence-corrected chi connectivity index (χ4v) is 4.12. The summed E-state index contributed by atoms with van der Waals surface area (Å²) in [7, 11) is 3.31. The number of fused-ring (bicyclic) bond motifs is 1. The topological polar surface area (TPSA) is 71.5 Å². The number of aromatic nitrogens is 2. The van der Waals surface area contributed by atoms with Crippen LogP contribution in [0.15, 0.2) is 12.1 Å². The highest BCUT2D eigenvalue weighted by atomic mass is 16.5. The molecule has 0 bridgehead atoms. The van der Waals surface area contributed by atoms with Gasteiger partial charge in [-0.2, -0.15) is 4.98 Å². The molecule has 2 N–H and O–H groups in total. The number of hydrogen-bond acceptors (Lipinski definition) is 7. The first-order valence-corrected chi connectivity index (χ1v) is 10.8. The first kappa shape index (κ1) is 20.0. The van der Waals surface area contributed by atoms with Crippen molar-refractivity contribution in [2.45, 2.75) is 64.1 Å². The molecular weight excluding hydrogens is 366 g/mol. The molecule has 7 heteroatoms. The van der Waals surface area contributed by atoms with Crippen LogP contribution in [0.2, 0.25) is 0 Å². The van der Waals surface area contributed by atoms with Gasteiger partial charge in [-0.25, -0.2) is 4.98 Å². The smallest absolute Gasteiger partial charge is 0.225 e. The van der Waals surface area contributed by atoms with Gasteiger partial charge in [0.15, 0.2) is 11.5 Å². The molecule has 158 valence electrons. The second-order valence-corrected chi connectivity index (χ2v) is 8.44. The van der Waals surface area contributed by atoms with Crippen molar-refractivity contribution >= 4 is 22.7 Å². The van der Waals surface area contributed by atoms with Crippen LogP contribution in [0.3, 0.4) is 0 Å². The number of rotatable bonds is 7. The lowest BCUT2D eigenvalue weighted by atomic mass is 9.93. The summed E-state index contributed by atoms with van der Waals surface area (Å²) in [6.45, 7) is 6.76. The lowest BCUT2D eigenvalue weighted by Gasteiger charge is -2.35. The molecule has 1 aliphatic heterocycles. The van der Waals surface area contributed by atoms with Crippen LogP contribution in [0, 0.1) is 0 Å². The molecule has 1 aromatic heterocycles. The molecule has 1 saturated heterocycles. The Hall–Kier alpha value is -2.28. The maximum absolute atomic E-state index is 5.52. The molecule has 0 spiro atoms. The number of ether oxygens (including phenoxy) is 2. The van der Waals surface area contributed by atoms with E-state index in [2.05, 4.69) is 29.4 Å². The van der Waals surface area contributed by atoms with E-state index in [1.807, 2.05) is 12.1 Å². The summed E-state index contributed by atoms with van der Waals surface area (Å²) >= 11 is 0. The van der Waals surface area contributed by atoms with Crippen molar-refractivity contribution in [3.63, 3.8) is 0 Å². The van der Waals surface area contributed by atoms with E-state index in [0.29, 0.717) is 35.6 Å². The number of hydrogen-bond donors (Lipinski definition) is 2. The van der Waals surface area contributed by atoms with Gasteiger partial charge in [0.25, 0.3) is 0 Å². The maximum Gasteiger partial charge on any atom is 0.225 e. The standard InChI is InChI=1S/C22H33N5O2/c1-14(2)27-10-8-16(9-11-27)23-21-17-12-19(28-3)20(29-4)13-18(17)25-22(26-21)24-15-6-5-7-15/h12-16H,5-11H2,1-4H3,(H2,23,24,25,26). The van der Waals surface area contributed by atoms with Gasteiger partial charge in [-0.15, -0.1) is 0 Å². The lowest BCUT2D eigenvalue weighted by molar-refractivity contribution is 0.177. The first-order chi connectivity index (χ1) is 14.1. The molecule has 0 atom stereocenters. The number of benzene rings is 1. The molecule has 4 rings (SSSR count). The summed E-state index contributed by atoms with van der Waals surface area (Å²) in [6.07, 6.45) is 5.87. The molecule has 0 radical (unpaired) electrons. The van der Waals surface area contributed by atoms with E-state index in [0.717, 1.165) is 42.7 Å². The van der Waals surface area contributed by atoms with Crippen LogP contribution in [0.1, 0.15) is 46.0 Å². The number of anilines is 2. The highest BCUT2D eigenvalue weighted by molar-refractivity contribution is 5.92. The van der Waals surface area contributed by atoms with Crippen molar-refractivity contribution in [1.82, 2.24) is 14.9 Å². The second kappa shape index (κ2) is 8.61. The Bertz CT molecular complexity index is 845. The van der Waals surface area contributed by atoms with E-state index in [4.69, 9.17) is 19.4 Å². The van der Waals surface area contributed by atoms with E-state index in [1.54, 1.807) is 14.2 Å². The molecule has 0 amide bonds. The summed E-state index contributed by atoms with van der Waals surface area (Å²) in [6, 6.07) is 5.41. The van der Waals surface area contributed by atoms with Crippen molar-refractivity contribution in [1.29, 1.82) is 0 Å². The van der Waals surface area contributed by atoms with Crippen LogP contribution in [-0.2, 0) is 0 Å². The largest absolute Gasteiger partial charge is 0.493 e. The normalized spacial score (nSPS) is 18.7. The van der Waals surface area contributed by atoms with Crippen LogP contribution >= 0.6 is 0 Å². The number of methoxy groups -OCH3 is 2. The zero-order chi connectivity index (χ0) is 20.4. The molecule has 2 fully saturated rings. The van der Waals surface area contributed by atoms with Gasteiger partial charge >= 0.3 is 0 Å².